The predicted molar refractivity (Wildman–Crippen MR) is 109 cm³/mol. The fourth-order valence-electron chi connectivity index (χ4n) is 4.33. The Balaban J connectivity index is 1.36. The summed E-state index contributed by atoms with van der Waals surface area (Å²) in [6, 6.07) is 0. The van der Waals surface area contributed by atoms with Crippen LogP contribution < -0.4 is 0 Å². The largest absolute Gasteiger partial charge is 0.346 e. The number of rotatable bonds is 7. The topological polar surface area (TPSA) is 55.5 Å². The molecule has 0 aliphatic carbocycles. The fourth-order valence-corrected chi connectivity index (χ4v) is 4.33. The van der Waals surface area contributed by atoms with Crippen molar-refractivity contribution in [2.45, 2.75) is 59.4 Å². The number of aromatic amines is 1. The van der Waals surface area contributed by atoms with Crippen molar-refractivity contribution in [3.8, 4) is 0 Å². The van der Waals surface area contributed by atoms with Gasteiger partial charge in [-0.05, 0) is 51.7 Å². The first-order chi connectivity index (χ1) is 13.1. The SMILES string of the molecule is CCc1nc(CN2CCC(CCC(=O)N3CCN(CC)CC3)CC2)c(C)[nH]1. The summed E-state index contributed by atoms with van der Waals surface area (Å²) in [6.45, 7) is 14.7. The van der Waals surface area contributed by atoms with Gasteiger partial charge in [0.15, 0.2) is 0 Å². The molecule has 3 heterocycles. The average Bonchev–Trinajstić information content (AvgIpc) is 3.07. The Hall–Kier alpha value is -1.40. The Kier molecular flexibility index (Phi) is 7.30. The van der Waals surface area contributed by atoms with Gasteiger partial charge in [0.1, 0.15) is 5.82 Å². The van der Waals surface area contributed by atoms with Gasteiger partial charge >= 0.3 is 0 Å². The first-order valence-corrected chi connectivity index (χ1v) is 10.9. The Bertz CT molecular complexity index is 598. The highest BCUT2D eigenvalue weighted by atomic mass is 16.2. The molecule has 6 nitrogen and oxygen atoms in total. The molecule has 1 aromatic heterocycles. The number of imidazole rings is 1. The molecule has 0 bridgehead atoms. The molecule has 0 aromatic carbocycles. The quantitative estimate of drug-likeness (QED) is 0.795. The number of nitrogens with zero attached hydrogens (tertiary/aromatic N) is 4. The number of likely N-dealkylation sites (tertiary alicyclic amines) is 1. The third kappa shape index (κ3) is 5.55. The lowest BCUT2D eigenvalue weighted by Gasteiger charge is -2.35. The number of hydrogen-bond donors (Lipinski definition) is 1. The van der Waals surface area contributed by atoms with E-state index in [2.05, 4.69) is 40.5 Å². The van der Waals surface area contributed by atoms with Gasteiger partial charge in [-0.15, -0.1) is 0 Å². The smallest absolute Gasteiger partial charge is 0.222 e. The first kappa shape index (κ1) is 20.3. The number of carbonyl (C=O) groups excluding carboxylic acids is 1. The monoisotopic (exact) mass is 375 g/mol. The van der Waals surface area contributed by atoms with Crippen molar-refractivity contribution in [3.63, 3.8) is 0 Å². The molecule has 1 amide bonds. The molecule has 2 fully saturated rings. The van der Waals surface area contributed by atoms with Crippen molar-refractivity contribution < 1.29 is 4.79 Å². The number of hydrogen-bond acceptors (Lipinski definition) is 4. The molecule has 27 heavy (non-hydrogen) atoms. The molecule has 0 spiro atoms. The summed E-state index contributed by atoms with van der Waals surface area (Å²) in [7, 11) is 0. The molecule has 2 saturated heterocycles. The number of piperidine rings is 1. The molecule has 2 aliphatic heterocycles. The van der Waals surface area contributed by atoms with Gasteiger partial charge in [-0.3, -0.25) is 9.69 Å². The van der Waals surface area contributed by atoms with E-state index < -0.39 is 0 Å². The van der Waals surface area contributed by atoms with Crippen LogP contribution in [0.1, 0.15) is 56.7 Å². The highest BCUT2D eigenvalue weighted by Crippen LogP contribution is 2.24. The van der Waals surface area contributed by atoms with Gasteiger partial charge in [0, 0.05) is 51.3 Å². The van der Waals surface area contributed by atoms with Crippen molar-refractivity contribution in [1.29, 1.82) is 0 Å². The van der Waals surface area contributed by atoms with Crippen LogP contribution in [0.2, 0.25) is 0 Å². The molecule has 6 heteroatoms. The number of H-pyrrole nitrogens is 1. The van der Waals surface area contributed by atoms with Crippen molar-refractivity contribution in [3.05, 3.63) is 17.2 Å². The minimum Gasteiger partial charge on any atom is -0.346 e. The molecule has 152 valence electrons. The number of nitrogens with one attached hydrogen (secondary N) is 1. The first-order valence-electron chi connectivity index (χ1n) is 10.9. The molecule has 1 aromatic rings. The van der Waals surface area contributed by atoms with Gasteiger partial charge in [0.2, 0.25) is 5.91 Å². The number of aryl methyl sites for hydroxylation is 2. The molecule has 1 N–H and O–H groups in total. The van der Waals surface area contributed by atoms with E-state index in [1.165, 1.54) is 24.2 Å². The molecular formula is C21H37N5O. The molecule has 0 saturated carbocycles. The number of likely N-dealkylation sites (N-methyl/N-ethyl adjacent to an activating group) is 1. The van der Waals surface area contributed by atoms with Crippen LogP contribution in [0.25, 0.3) is 0 Å². The van der Waals surface area contributed by atoms with E-state index in [-0.39, 0.29) is 0 Å². The van der Waals surface area contributed by atoms with Crippen molar-refractivity contribution in [1.82, 2.24) is 24.7 Å². The van der Waals surface area contributed by atoms with Crippen LogP contribution in [-0.2, 0) is 17.8 Å². The number of piperazine rings is 1. The van der Waals surface area contributed by atoms with E-state index >= 15 is 0 Å². The second kappa shape index (κ2) is 9.69. The van der Waals surface area contributed by atoms with Gasteiger partial charge in [-0.1, -0.05) is 13.8 Å². The zero-order valence-corrected chi connectivity index (χ0v) is 17.5. The number of aromatic nitrogens is 2. The predicted octanol–water partition coefficient (Wildman–Crippen LogP) is 2.44. The standard InChI is InChI=1S/C21H37N5O/c1-4-20-22-17(3)19(23-20)16-25-10-8-18(9-11-25)6-7-21(27)26-14-12-24(5-2)13-15-26/h18H,4-16H2,1-3H3,(H,22,23). The van der Waals surface area contributed by atoms with Crippen molar-refractivity contribution in [2.24, 2.45) is 5.92 Å². The van der Waals surface area contributed by atoms with Gasteiger partial charge < -0.3 is 14.8 Å². The molecule has 0 radical (unpaired) electrons. The Morgan fingerprint density at radius 3 is 2.37 bits per heavy atom. The highest BCUT2D eigenvalue weighted by Gasteiger charge is 2.24. The Labute approximate surface area is 164 Å². The van der Waals surface area contributed by atoms with Crippen molar-refractivity contribution >= 4 is 5.91 Å². The van der Waals surface area contributed by atoms with Gasteiger partial charge in [0.05, 0.1) is 5.69 Å². The van der Waals surface area contributed by atoms with Gasteiger partial charge in [0.25, 0.3) is 0 Å². The van der Waals surface area contributed by atoms with E-state index in [0.29, 0.717) is 11.8 Å². The zero-order valence-electron chi connectivity index (χ0n) is 17.5. The summed E-state index contributed by atoms with van der Waals surface area (Å²) in [5.41, 5.74) is 2.41. The maximum Gasteiger partial charge on any atom is 0.222 e. The lowest BCUT2D eigenvalue weighted by molar-refractivity contribution is -0.133. The molecule has 3 rings (SSSR count). The van der Waals surface area contributed by atoms with E-state index in [0.717, 1.165) is 77.4 Å². The molecule has 2 aliphatic rings. The molecule has 0 unspecified atom stereocenters. The lowest BCUT2D eigenvalue weighted by atomic mass is 9.92. The third-order valence-electron chi connectivity index (χ3n) is 6.39. The zero-order chi connectivity index (χ0) is 19.2. The van der Waals surface area contributed by atoms with E-state index in [1.807, 2.05) is 0 Å². The summed E-state index contributed by atoms with van der Waals surface area (Å²) >= 11 is 0. The summed E-state index contributed by atoms with van der Waals surface area (Å²) in [5, 5.41) is 0. The molecular weight excluding hydrogens is 338 g/mol. The van der Waals surface area contributed by atoms with Crippen LogP contribution in [0.3, 0.4) is 0 Å². The van der Waals surface area contributed by atoms with E-state index in [1.54, 1.807) is 0 Å². The number of amides is 1. The lowest BCUT2D eigenvalue weighted by Crippen LogP contribution is -2.48. The van der Waals surface area contributed by atoms with E-state index in [4.69, 9.17) is 4.98 Å². The van der Waals surface area contributed by atoms with Crippen LogP contribution >= 0.6 is 0 Å². The second-order valence-corrected chi connectivity index (χ2v) is 8.18. The summed E-state index contributed by atoms with van der Waals surface area (Å²) in [4.78, 5) is 27.6. The second-order valence-electron chi connectivity index (χ2n) is 8.18. The minimum atomic E-state index is 0.368. The van der Waals surface area contributed by atoms with Gasteiger partial charge in [-0.2, -0.15) is 0 Å². The van der Waals surface area contributed by atoms with Crippen LogP contribution in [0.5, 0.6) is 0 Å². The normalized spacial score (nSPS) is 20.3. The average molecular weight is 376 g/mol. The minimum absolute atomic E-state index is 0.368. The summed E-state index contributed by atoms with van der Waals surface area (Å²) in [5.74, 6) is 2.16. The fraction of sp³-hybridized carbons (Fsp3) is 0.810. The number of carbonyl (C=O) groups is 1. The van der Waals surface area contributed by atoms with Crippen LogP contribution in [0.15, 0.2) is 0 Å². The molecule has 0 atom stereocenters. The van der Waals surface area contributed by atoms with Crippen LogP contribution in [0, 0.1) is 12.8 Å². The van der Waals surface area contributed by atoms with Crippen molar-refractivity contribution in [2.75, 3.05) is 45.8 Å². The Morgan fingerprint density at radius 1 is 1.07 bits per heavy atom. The summed E-state index contributed by atoms with van der Waals surface area (Å²) < 4.78 is 0. The third-order valence-corrected chi connectivity index (χ3v) is 6.39. The van der Waals surface area contributed by atoms with Crippen LogP contribution in [0.4, 0.5) is 0 Å². The summed E-state index contributed by atoms with van der Waals surface area (Å²) in [6.07, 6.45) is 5.17. The van der Waals surface area contributed by atoms with Gasteiger partial charge in [-0.25, -0.2) is 4.98 Å². The maximum absolute atomic E-state index is 12.5. The highest BCUT2D eigenvalue weighted by molar-refractivity contribution is 5.76. The Morgan fingerprint density at radius 2 is 1.78 bits per heavy atom. The van der Waals surface area contributed by atoms with E-state index in [9.17, 15) is 4.79 Å². The van der Waals surface area contributed by atoms with Crippen LogP contribution in [-0.4, -0.2) is 76.4 Å². The maximum atomic E-state index is 12.5.